The molecule has 0 aromatic heterocycles. The van der Waals surface area contributed by atoms with Crippen LogP contribution in [0.5, 0.6) is 0 Å². The number of aliphatic hydroxyl groups excluding tert-OH is 2. The van der Waals surface area contributed by atoms with Crippen molar-refractivity contribution >= 4 is 11.9 Å². The molecule has 1 fully saturated rings. The molecule has 0 bridgehead atoms. The van der Waals surface area contributed by atoms with Crippen molar-refractivity contribution in [2.24, 2.45) is 23.7 Å². The van der Waals surface area contributed by atoms with Crippen molar-refractivity contribution in [2.75, 3.05) is 0 Å². The van der Waals surface area contributed by atoms with Crippen LogP contribution in [0.4, 0.5) is 0 Å². The molecule has 0 saturated carbocycles. The van der Waals surface area contributed by atoms with Gasteiger partial charge in [-0.3, -0.25) is 9.59 Å². The highest BCUT2D eigenvalue weighted by molar-refractivity contribution is 5.70. The Bertz CT molecular complexity index is 875. The van der Waals surface area contributed by atoms with E-state index in [9.17, 15) is 30.0 Å². The molecule has 2 aliphatic heterocycles. The van der Waals surface area contributed by atoms with Crippen LogP contribution in [0.15, 0.2) is 36.0 Å². The van der Waals surface area contributed by atoms with Gasteiger partial charge in [0, 0.05) is 17.8 Å². The van der Waals surface area contributed by atoms with Gasteiger partial charge in [-0.2, -0.15) is 0 Å². The van der Waals surface area contributed by atoms with E-state index >= 15 is 0 Å². The Kier molecular flexibility index (Phi) is 12.2. The van der Waals surface area contributed by atoms with Crippen molar-refractivity contribution < 1.29 is 39.5 Å². The Labute approximate surface area is 227 Å². The normalized spacial score (nSPS) is 36.4. The maximum atomic E-state index is 12.6. The Hall–Kier alpha value is -2.00. The van der Waals surface area contributed by atoms with E-state index in [1.807, 2.05) is 39.8 Å². The summed E-state index contributed by atoms with van der Waals surface area (Å²) in [6, 6.07) is 0. The zero-order valence-corrected chi connectivity index (χ0v) is 23.7. The molecule has 0 unspecified atom stereocenters. The molecule has 0 aromatic rings. The number of epoxide rings is 1. The first-order valence-corrected chi connectivity index (χ1v) is 13.9. The quantitative estimate of drug-likeness (QED) is 0.141. The molecule has 0 radical (unpaired) electrons. The van der Waals surface area contributed by atoms with E-state index in [2.05, 4.69) is 13.0 Å². The van der Waals surface area contributed by atoms with Gasteiger partial charge >= 0.3 is 11.9 Å². The highest BCUT2D eigenvalue weighted by Gasteiger charge is 2.45. The first-order valence-electron chi connectivity index (χ1n) is 13.9. The van der Waals surface area contributed by atoms with Gasteiger partial charge < -0.3 is 29.9 Å². The summed E-state index contributed by atoms with van der Waals surface area (Å²) in [7, 11) is 0. The van der Waals surface area contributed by atoms with E-state index in [0.717, 1.165) is 12.0 Å². The highest BCUT2D eigenvalue weighted by atomic mass is 16.6. The number of carbonyl (C=O) groups is 2. The molecule has 0 aliphatic carbocycles. The second-order valence-electron chi connectivity index (χ2n) is 11.6. The lowest BCUT2D eigenvalue weighted by molar-refractivity contribution is -0.151. The minimum atomic E-state index is -1.34. The van der Waals surface area contributed by atoms with Crippen LogP contribution in [0.3, 0.4) is 0 Å². The fourth-order valence-corrected chi connectivity index (χ4v) is 5.17. The third-order valence-electron chi connectivity index (χ3n) is 7.98. The van der Waals surface area contributed by atoms with E-state index in [0.29, 0.717) is 6.42 Å². The first kappa shape index (κ1) is 32.2. The number of ether oxygens (including phenoxy) is 2. The van der Waals surface area contributed by atoms with E-state index in [4.69, 9.17) is 9.47 Å². The number of carboxylic acid groups (broad SMARTS) is 1. The second-order valence-corrected chi connectivity index (χ2v) is 11.6. The summed E-state index contributed by atoms with van der Waals surface area (Å²) in [5, 5.41) is 40.7. The number of esters is 1. The van der Waals surface area contributed by atoms with Crippen molar-refractivity contribution in [3.63, 3.8) is 0 Å². The van der Waals surface area contributed by atoms with E-state index < -0.39 is 35.7 Å². The largest absolute Gasteiger partial charge is 0.481 e. The summed E-state index contributed by atoms with van der Waals surface area (Å²) in [5.74, 6) is -2.09. The average molecular weight is 537 g/mol. The average Bonchev–Trinajstić information content (AvgIpc) is 3.60. The molecule has 2 aliphatic rings. The molecule has 38 heavy (non-hydrogen) atoms. The zero-order chi connectivity index (χ0) is 28.6. The predicted molar refractivity (Wildman–Crippen MR) is 145 cm³/mol. The van der Waals surface area contributed by atoms with Gasteiger partial charge in [-0.05, 0) is 51.0 Å². The number of rotatable bonds is 10. The van der Waals surface area contributed by atoms with Gasteiger partial charge in [0.2, 0.25) is 0 Å². The van der Waals surface area contributed by atoms with E-state index in [1.54, 1.807) is 19.1 Å². The molecule has 0 spiro atoms. The van der Waals surface area contributed by atoms with Crippen molar-refractivity contribution in [3.8, 4) is 0 Å². The van der Waals surface area contributed by atoms with E-state index in [-0.39, 0.29) is 61.7 Å². The second kappa shape index (κ2) is 14.4. The van der Waals surface area contributed by atoms with Crippen LogP contribution >= 0.6 is 0 Å². The summed E-state index contributed by atoms with van der Waals surface area (Å²) in [4.78, 5) is 24.0. The number of cyclic esters (lactones) is 1. The molecule has 216 valence electrons. The summed E-state index contributed by atoms with van der Waals surface area (Å²) < 4.78 is 11.6. The number of hydrogen-bond acceptors (Lipinski definition) is 7. The number of hydrogen-bond donors (Lipinski definition) is 4. The zero-order valence-electron chi connectivity index (χ0n) is 23.7. The van der Waals surface area contributed by atoms with Crippen molar-refractivity contribution in [2.45, 2.75) is 116 Å². The van der Waals surface area contributed by atoms with Gasteiger partial charge in [0.25, 0.3) is 0 Å². The van der Waals surface area contributed by atoms with Crippen molar-refractivity contribution in [1.82, 2.24) is 0 Å². The predicted octanol–water partition coefficient (Wildman–Crippen LogP) is 4.18. The van der Waals surface area contributed by atoms with Crippen LogP contribution in [-0.4, -0.2) is 68.5 Å². The molecule has 2 rings (SSSR count). The Morgan fingerprint density at radius 1 is 1.29 bits per heavy atom. The summed E-state index contributed by atoms with van der Waals surface area (Å²) in [5.41, 5.74) is -0.526. The van der Waals surface area contributed by atoms with Crippen LogP contribution in [-0.2, 0) is 19.1 Å². The number of carboxylic acids is 1. The molecule has 1 saturated heterocycles. The fraction of sp³-hybridized carbons (Fsp3) is 0.733. The molecule has 8 heteroatoms. The van der Waals surface area contributed by atoms with Gasteiger partial charge in [-0.25, -0.2) is 0 Å². The third-order valence-corrected chi connectivity index (χ3v) is 7.98. The molecule has 10 atom stereocenters. The van der Waals surface area contributed by atoms with Gasteiger partial charge in [0.05, 0.1) is 42.9 Å². The van der Waals surface area contributed by atoms with Crippen LogP contribution < -0.4 is 0 Å². The maximum Gasteiger partial charge on any atom is 0.309 e. The van der Waals surface area contributed by atoms with E-state index in [1.165, 1.54) is 0 Å². The van der Waals surface area contributed by atoms with Crippen LogP contribution in [0.2, 0.25) is 0 Å². The summed E-state index contributed by atoms with van der Waals surface area (Å²) >= 11 is 0. The van der Waals surface area contributed by atoms with Gasteiger partial charge in [0.1, 0.15) is 6.10 Å². The molecule has 4 N–H and O–H groups in total. The third kappa shape index (κ3) is 9.95. The van der Waals surface area contributed by atoms with Crippen LogP contribution in [0, 0.1) is 23.7 Å². The Balaban J connectivity index is 2.12. The van der Waals surface area contributed by atoms with Crippen LogP contribution in [0.1, 0.15) is 80.1 Å². The topological polar surface area (TPSA) is 137 Å². The standard InChI is InChI=1S/C30H48O8/c1-7-24(32)21(5)29-25(37-29)15-18(2)9-8-10-19(3)28-20(4)11-12-22(16-26(33)34)30(6,36)14-13-23(31)17-27(35)38-28/h8-12,18,20-25,28-29,31-32,36H,7,13-17H2,1-6H3,(H,33,34)/b9-8+,12-11+,19-10+/t18-,20+,21-,22-,23-,24+,25-,28-,29-,30-/m1/s1. The van der Waals surface area contributed by atoms with Gasteiger partial charge in [-0.1, -0.05) is 58.1 Å². The number of allylic oxidation sites excluding steroid dienone is 3. The van der Waals surface area contributed by atoms with Crippen molar-refractivity contribution in [1.29, 1.82) is 0 Å². The molecule has 0 amide bonds. The lowest BCUT2D eigenvalue weighted by atomic mass is 9.80. The fourth-order valence-electron chi connectivity index (χ4n) is 5.17. The number of carbonyl (C=O) groups excluding carboxylic acids is 1. The molecular weight excluding hydrogens is 488 g/mol. The van der Waals surface area contributed by atoms with Crippen molar-refractivity contribution in [3.05, 3.63) is 36.0 Å². The van der Waals surface area contributed by atoms with Gasteiger partial charge in [0.15, 0.2) is 0 Å². The number of aliphatic hydroxyl groups is 3. The van der Waals surface area contributed by atoms with Crippen LogP contribution in [0.25, 0.3) is 0 Å². The maximum absolute atomic E-state index is 12.6. The smallest absolute Gasteiger partial charge is 0.309 e. The minimum Gasteiger partial charge on any atom is -0.481 e. The monoisotopic (exact) mass is 536 g/mol. The summed E-state index contributed by atoms with van der Waals surface area (Å²) in [6.07, 6.45) is 9.18. The SMILES string of the molecule is CC[C@H](O)[C@@H](C)[C@H]1O[C@@H]1C[C@H](C)/C=C/C=C(\C)[C@H]1OC(=O)C[C@H](O)CC[C@@](C)(O)[C@@H](CC(=O)O)/C=C/[C@@H]1C. The summed E-state index contributed by atoms with van der Waals surface area (Å²) in [6.45, 7) is 11.4. The molecule has 8 nitrogen and oxygen atoms in total. The Morgan fingerprint density at radius 2 is 1.97 bits per heavy atom. The van der Waals surface area contributed by atoms with Gasteiger partial charge in [-0.15, -0.1) is 0 Å². The highest BCUT2D eigenvalue weighted by Crippen LogP contribution is 2.36. The molecule has 2 heterocycles. The molecular formula is C30H48O8. The number of aliphatic carboxylic acids is 1. The Morgan fingerprint density at radius 3 is 2.61 bits per heavy atom. The lowest BCUT2D eigenvalue weighted by Gasteiger charge is -2.32. The lowest BCUT2D eigenvalue weighted by Crippen LogP contribution is -2.37. The first-order chi connectivity index (χ1) is 17.7. The molecule has 0 aromatic carbocycles. The minimum absolute atomic E-state index is 0.0995.